The standard InChI is InChI=1S/C21H18N2OS2/c24-21(22-13-16-7-3-6-15-5-1-2-8-18(15)16)23-20(17-10-12-25-14-17)19-9-4-11-26-19/h1-12,14,20H,13H2,(H2,22,23,24). The van der Waals surface area contributed by atoms with E-state index < -0.39 is 0 Å². The number of benzene rings is 2. The van der Waals surface area contributed by atoms with Crippen LogP contribution < -0.4 is 10.6 Å². The zero-order valence-electron chi connectivity index (χ0n) is 14.0. The summed E-state index contributed by atoms with van der Waals surface area (Å²) >= 11 is 3.29. The van der Waals surface area contributed by atoms with Gasteiger partial charge >= 0.3 is 6.03 Å². The summed E-state index contributed by atoms with van der Waals surface area (Å²) in [6.07, 6.45) is 0. The Hall–Kier alpha value is -2.63. The van der Waals surface area contributed by atoms with Gasteiger partial charge in [0.15, 0.2) is 0 Å². The SMILES string of the molecule is O=C(NCc1cccc2ccccc12)NC(c1ccsc1)c1cccs1. The maximum Gasteiger partial charge on any atom is 0.315 e. The molecule has 5 heteroatoms. The van der Waals surface area contributed by atoms with Gasteiger partial charge in [-0.3, -0.25) is 0 Å². The number of hydrogen-bond acceptors (Lipinski definition) is 3. The van der Waals surface area contributed by atoms with Crippen LogP contribution in [0, 0.1) is 0 Å². The number of nitrogens with one attached hydrogen (secondary N) is 2. The summed E-state index contributed by atoms with van der Waals surface area (Å²) in [7, 11) is 0. The first-order valence-corrected chi connectivity index (χ1v) is 10.2. The van der Waals surface area contributed by atoms with Crippen molar-refractivity contribution in [1.29, 1.82) is 0 Å². The third-order valence-electron chi connectivity index (χ3n) is 4.30. The van der Waals surface area contributed by atoms with E-state index in [-0.39, 0.29) is 12.1 Å². The number of hydrogen-bond donors (Lipinski definition) is 2. The molecule has 2 heterocycles. The largest absolute Gasteiger partial charge is 0.334 e. The van der Waals surface area contributed by atoms with Crippen molar-refractivity contribution in [2.45, 2.75) is 12.6 Å². The number of amides is 2. The fourth-order valence-corrected chi connectivity index (χ4v) is 4.51. The Morgan fingerprint density at radius 3 is 2.65 bits per heavy atom. The second-order valence-corrected chi connectivity index (χ2v) is 7.73. The molecule has 0 saturated heterocycles. The molecule has 2 N–H and O–H groups in total. The van der Waals surface area contributed by atoms with Crippen molar-refractivity contribution in [2.75, 3.05) is 0 Å². The third-order valence-corrected chi connectivity index (χ3v) is 5.94. The molecule has 0 spiro atoms. The van der Waals surface area contributed by atoms with Crippen molar-refractivity contribution in [1.82, 2.24) is 10.6 Å². The number of rotatable bonds is 5. The van der Waals surface area contributed by atoms with Gasteiger partial charge < -0.3 is 10.6 Å². The highest BCUT2D eigenvalue weighted by Crippen LogP contribution is 2.27. The average molecular weight is 379 g/mol. The van der Waals surface area contributed by atoms with E-state index >= 15 is 0 Å². The van der Waals surface area contributed by atoms with Crippen LogP contribution in [0.25, 0.3) is 10.8 Å². The number of urea groups is 1. The highest BCUT2D eigenvalue weighted by Gasteiger charge is 2.18. The second kappa shape index (κ2) is 7.72. The smallest absolute Gasteiger partial charge is 0.315 e. The Kier molecular flexibility index (Phi) is 5.00. The van der Waals surface area contributed by atoms with Crippen LogP contribution in [0.3, 0.4) is 0 Å². The fourth-order valence-electron chi connectivity index (χ4n) is 3.02. The average Bonchev–Trinajstić information content (AvgIpc) is 3.38. The summed E-state index contributed by atoms with van der Waals surface area (Å²) in [5, 5.41) is 14.6. The van der Waals surface area contributed by atoms with E-state index in [0.29, 0.717) is 6.54 Å². The third kappa shape index (κ3) is 3.64. The molecule has 0 bridgehead atoms. The lowest BCUT2D eigenvalue weighted by atomic mass is 10.0. The molecule has 1 atom stereocenters. The number of thiophene rings is 2. The first-order chi connectivity index (χ1) is 12.8. The van der Waals surface area contributed by atoms with E-state index in [1.807, 2.05) is 35.0 Å². The lowest BCUT2D eigenvalue weighted by Gasteiger charge is -2.17. The van der Waals surface area contributed by atoms with Crippen molar-refractivity contribution in [3.8, 4) is 0 Å². The van der Waals surface area contributed by atoms with E-state index in [0.717, 1.165) is 16.0 Å². The quantitative estimate of drug-likeness (QED) is 0.469. The van der Waals surface area contributed by atoms with Gasteiger partial charge in [0.25, 0.3) is 0 Å². The van der Waals surface area contributed by atoms with Gasteiger partial charge in [-0.2, -0.15) is 11.3 Å². The minimum absolute atomic E-state index is 0.117. The molecule has 0 saturated carbocycles. The maximum absolute atomic E-state index is 12.5. The Bertz CT molecular complexity index is 954. The van der Waals surface area contributed by atoms with Gasteiger partial charge in [0, 0.05) is 11.4 Å². The van der Waals surface area contributed by atoms with Gasteiger partial charge in [-0.15, -0.1) is 11.3 Å². The Morgan fingerprint density at radius 1 is 0.962 bits per heavy atom. The summed E-state index contributed by atoms with van der Waals surface area (Å²) in [6, 6.07) is 20.2. The van der Waals surface area contributed by atoms with Gasteiger partial charge in [0.05, 0.1) is 6.04 Å². The number of fused-ring (bicyclic) bond motifs is 1. The van der Waals surface area contributed by atoms with E-state index in [2.05, 4.69) is 52.4 Å². The first kappa shape index (κ1) is 16.8. The Morgan fingerprint density at radius 2 is 1.85 bits per heavy atom. The van der Waals surface area contributed by atoms with Crippen LogP contribution in [0.5, 0.6) is 0 Å². The summed E-state index contributed by atoms with van der Waals surface area (Å²) in [4.78, 5) is 13.7. The lowest BCUT2D eigenvalue weighted by molar-refractivity contribution is 0.238. The van der Waals surface area contributed by atoms with Crippen LogP contribution >= 0.6 is 22.7 Å². The Balaban J connectivity index is 1.47. The van der Waals surface area contributed by atoms with Crippen molar-refractivity contribution in [3.63, 3.8) is 0 Å². The van der Waals surface area contributed by atoms with Crippen molar-refractivity contribution in [3.05, 3.63) is 92.8 Å². The minimum Gasteiger partial charge on any atom is -0.334 e. The van der Waals surface area contributed by atoms with Crippen LogP contribution in [0.1, 0.15) is 22.0 Å². The summed E-state index contributed by atoms with van der Waals surface area (Å²) < 4.78 is 0. The predicted octanol–water partition coefficient (Wildman–Crippen LogP) is 5.55. The molecule has 0 aliphatic rings. The van der Waals surface area contributed by atoms with Crippen LogP contribution in [0.15, 0.2) is 76.8 Å². The topological polar surface area (TPSA) is 41.1 Å². The normalized spacial score (nSPS) is 12.0. The highest BCUT2D eigenvalue weighted by atomic mass is 32.1. The van der Waals surface area contributed by atoms with E-state index in [1.54, 1.807) is 22.7 Å². The van der Waals surface area contributed by atoms with Crippen LogP contribution in [0.2, 0.25) is 0 Å². The first-order valence-electron chi connectivity index (χ1n) is 8.38. The van der Waals surface area contributed by atoms with Crippen LogP contribution in [0.4, 0.5) is 4.79 Å². The lowest BCUT2D eigenvalue weighted by Crippen LogP contribution is -2.37. The molecule has 26 heavy (non-hydrogen) atoms. The fraction of sp³-hybridized carbons (Fsp3) is 0.0952. The molecule has 130 valence electrons. The van der Waals surface area contributed by atoms with Crippen LogP contribution in [-0.4, -0.2) is 6.03 Å². The Labute approximate surface area is 160 Å². The molecule has 0 aliphatic carbocycles. The summed E-state index contributed by atoms with van der Waals surface area (Å²) in [6.45, 7) is 0.494. The van der Waals surface area contributed by atoms with Crippen LogP contribution in [-0.2, 0) is 6.54 Å². The molecule has 4 aromatic rings. The number of carbonyl (C=O) groups excluding carboxylic acids is 1. The molecule has 2 amide bonds. The van der Waals surface area contributed by atoms with E-state index in [4.69, 9.17) is 0 Å². The van der Waals surface area contributed by atoms with E-state index in [1.165, 1.54) is 10.8 Å². The molecule has 0 fully saturated rings. The molecular weight excluding hydrogens is 360 g/mol. The molecule has 0 radical (unpaired) electrons. The molecule has 4 rings (SSSR count). The molecule has 2 aromatic heterocycles. The van der Waals surface area contributed by atoms with E-state index in [9.17, 15) is 4.79 Å². The molecule has 1 unspecified atom stereocenters. The van der Waals surface area contributed by atoms with Gasteiger partial charge in [-0.1, -0.05) is 48.5 Å². The van der Waals surface area contributed by atoms with Gasteiger partial charge in [-0.05, 0) is 50.2 Å². The zero-order valence-corrected chi connectivity index (χ0v) is 15.6. The summed E-state index contributed by atoms with van der Waals surface area (Å²) in [5.41, 5.74) is 2.22. The second-order valence-electron chi connectivity index (χ2n) is 5.97. The van der Waals surface area contributed by atoms with Crippen molar-refractivity contribution >= 4 is 39.5 Å². The van der Waals surface area contributed by atoms with Crippen molar-refractivity contribution in [2.24, 2.45) is 0 Å². The molecule has 2 aromatic carbocycles. The number of carbonyl (C=O) groups is 1. The summed E-state index contributed by atoms with van der Waals surface area (Å²) in [5.74, 6) is 0. The molecule has 3 nitrogen and oxygen atoms in total. The van der Waals surface area contributed by atoms with Gasteiger partial charge in [0.1, 0.15) is 0 Å². The van der Waals surface area contributed by atoms with Gasteiger partial charge in [0.2, 0.25) is 0 Å². The predicted molar refractivity (Wildman–Crippen MR) is 110 cm³/mol. The highest BCUT2D eigenvalue weighted by molar-refractivity contribution is 7.10. The van der Waals surface area contributed by atoms with Gasteiger partial charge in [-0.25, -0.2) is 4.79 Å². The molecule has 0 aliphatic heterocycles. The monoisotopic (exact) mass is 378 g/mol. The maximum atomic E-state index is 12.5. The minimum atomic E-state index is -0.164. The van der Waals surface area contributed by atoms with Crippen molar-refractivity contribution < 1.29 is 4.79 Å². The zero-order chi connectivity index (χ0) is 17.8. The molecular formula is C21H18N2OS2.